The van der Waals surface area contributed by atoms with Crippen LogP contribution in [0.25, 0.3) is 11.1 Å². The van der Waals surface area contributed by atoms with Crippen LogP contribution in [0.15, 0.2) is 22.6 Å². The number of halogens is 3. The molecule has 0 bridgehead atoms. The van der Waals surface area contributed by atoms with Gasteiger partial charge in [-0.2, -0.15) is 13.2 Å². The van der Waals surface area contributed by atoms with Crippen molar-refractivity contribution in [1.29, 1.82) is 0 Å². The zero-order valence-electron chi connectivity index (χ0n) is 11.5. The summed E-state index contributed by atoms with van der Waals surface area (Å²) in [4.78, 5) is 15.5. The van der Waals surface area contributed by atoms with E-state index in [4.69, 9.17) is 5.73 Å². The van der Waals surface area contributed by atoms with E-state index in [0.717, 1.165) is 12.8 Å². The molecule has 5 nitrogen and oxygen atoms in total. The van der Waals surface area contributed by atoms with Crippen molar-refractivity contribution in [2.75, 3.05) is 5.32 Å². The minimum absolute atomic E-state index is 0.0215. The number of carbonyl (C=O) groups is 1. The normalized spacial score (nSPS) is 22.2. The topological polar surface area (TPSA) is 81.2 Å². The largest absolute Gasteiger partial charge is 0.468 e. The van der Waals surface area contributed by atoms with Gasteiger partial charge in [-0.3, -0.25) is 4.79 Å². The Morgan fingerprint density at radius 1 is 1.36 bits per heavy atom. The molecule has 1 amide bonds. The first-order valence-corrected chi connectivity index (χ1v) is 6.87. The Hall–Kier alpha value is -2.09. The van der Waals surface area contributed by atoms with E-state index in [1.165, 1.54) is 18.2 Å². The summed E-state index contributed by atoms with van der Waals surface area (Å²) >= 11 is 0. The molecule has 1 aliphatic rings. The number of nitrogens with zero attached hydrogens (tertiary/aromatic N) is 1. The maximum Gasteiger partial charge on any atom is 0.468 e. The van der Waals surface area contributed by atoms with Crippen molar-refractivity contribution in [2.45, 2.75) is 31.5 Å². The Morgan fingerprint density at radius 2 is 2.14 bits per heavy atom. The molecule has 22 heavy (non-hydrogen) atoms. The molecule has 1 saturated carbocycles. The lowest BCUT2D eigenvalue weighted by atomic mass is 10.1. The number of alkyl halides is 3. The second-order valence-electron chi connectivity index (χ2n) is 5.46. The molecular weight excluding hydrogens is 299 g/mol. The van der Waals surface area contributed by atoms with Gasteiger partial charge in [-0.15, -0.1) is 0 Å². The Bertz CT molecular complexity index is 711. The van der Waals surface area contributed by atoms with E-state index in [2.05, 4.69) is 14.7 Å². The van der Waals surface area contributed by atoms with Crippen LogP contribution in [-0.4, -0.2) is 16.9 Å². The van der Waals surface area contributed by atoms with Crippen molar-refractivity contribution in [3.8, 4) is 0 Å². The lowest BCUT2D eigenvalue weighted by Crippen LogP contribution is -2.23. The molecule has 0 spiro atoms. The molecule has 0 radical (unpaired) electrons. The van der Waals surface area contributed by atoms with E-state index in [-0.39, 0.29) is 29.0 Å². The molecule has 1 aromatic carbocycles. The zero-order chi connectivity index (χ0) is 15.9. The first-order valence-electron chi connectivity index (χ1n) is 6.87. The Kier molecular flexibility index (Phi) is 3.56. The van der Waals surface area contributed by atoms with Crippen molar-refractivity contribution in [2.24, 2.45) is 11.7 Å². The fraction of sp³-hybridized carbons (Fsp3) is 0.429. The number of oxazole rings is 1. The van der Waals surface area contributed by atoms with Crippen LogP contribution in [0.2, 0.25) is 0 Å². The van der Waals surface area contributed by atoms with Crippen LogP contribution in [0.5, 0.6) is 0 Å². The van der Waals surface area contributed by atoms with Gasteiger partial charge in [-0.1, -0.05) is 0 Å². The monoisotopic (exact) mass is 313 g/mol. The highest BCUT2D eigenvalue weighted by molar-refractivity contribution is 5.94. The third-order valence-corrected chi connectivity index (χ3v) is 3.74. The molecule has 2 atom stereocenters. The summed E-state index contributed by atoms with van der Waals surface area (Å²) in [7, 11) is 0. The van der Waals surface area contributed by atoms with Crippen LogP contribution in [0.3, 0.4) is 0 Å². The molecule has 2 unspecified atom stereocenters. The maximum absolute atomic E-state index is 12.5. The van der Waals surface area contributed by atoms with Crippen LogP contribution >= 0.6 is 0 Å². The number of amides is 1. The number of anilines is 1. The summed E-state index contributed by atoms with van der Waals surface area (Å²) in [5.41, 5.74) is 6.22. The van der Waals surface area contributed by atoms with Gasteiger partial charge in [0.05, 0.1) is 0 Å². The Labute approximate surface area is 123 Å². The number of aromatic nitrogens is 1. The summed E-state index contributed by atoms with van der Waals surface area (Å²) < 4.78 is 42.3. The van der Waals surface area contributed by atoms with Crippen molar-refractivity contribution in [1.82, 2.24) is 4.98 Å². The number of fused-ring (bicyclic) bond motifs is 1. The second-order valence-corrected chi connectivity index (χ2v) is 5.46. The van der Waals surface area contributed by atoms with Crippen molar-refractivity contribution in [3.63, 3.8) is 0 Å². The molecular formula is C14H14F3N3O2. The minimum atomic E-state index is -4.64. The van der Waals surface area contributed by atoms with Gasteiger partial charge in [0.25, 0.3) is 0 Å². The first-order chi connectivity index (χ1) is 10.3. The summed E-state index contributed by atoms with van der Waals surface area (Å²) in [6.07, 6.45) is -2.49. The van der Waals surface area contributed by atoms with Crippen LogP contribution in [-0.2, 0) is 11.0 Å². The van der Waals surface area contributed by atoms with Gasteiger partial charge in [-0.25, -0.2) is 4.98 Å². The average Bonchev–Trinajstić information content (AvgIpc) is 3.03. The minimum Gasteiger partial charge on any atom is -0.433 e. The lowest BCUT2D eigenvalue weighted by molar-refractivity contribution is -0.156. The standard InChI is InChI=1S/C14H14F3N3O2/c15-14(16,17)13-20-10-6-9(3-4-11(10)22-13)19-12(21)7-1-2-8(18)5-7/h3-4,6-8H,1-2,5,18H2,(H,19,21). The van der Waals surface area contributed by atoms with Crippen LogP contribution in [0.1, 0.15) is 25.2 Å². The summed E-state index contributed by atoms with van der Waals surface area (Å²) in [5, 5.41) is 2.69. The number of carbonyl (C=O) groups excluding carboxylic acids is 1. The fourth-order valence-electron chi connectivity index (χ4n) is 2.63. The fourth-order valence-corrected chi connectivity index (χ4v) is 2.63. The van der Waals surface area contributed by atoms with E-state index in [1.807, 2.05) is 0 Å². The lowest BCUT2D eigenvalue weighted by Gasteiger charge is -2.10. The van der Waals surface area contributed by atoms with E-state index in [0.29, 0.717) is 12.1 Å². The molecule has 2 aromatic rings. The molecule has 8 heteroatoms. The van der Waals surface area contributed by atoms with Gasteiger partial charge < -0.3 is 15.5 Å². The molecule has 1 fully saturated rings. The van der Waals surface area contributed by atoms with Gasteiger partial charge in [0, 0.05) is 17.6 Å². The van der Waals surface area contributed by atoms with E-state index in [9.17, 15) is 18.0 Å². The van der Waals surface area contributed by atoms with Gasteiger partial charge >= 0.3 is 12.1 Å². The number of benzene rings is 1. The van der Waals surface area contributed by atoms with Gasteiger partial charge in [0.2, 0.25) is 5.91 Å². The number of hydrogen-bond acceptors (Lipinski definition) is 4. The van der Waals surface area contributed by atoms with Gasteiger partial charge in [0.1, 0.15) is 5.52 Å². The van der Waals surface area contributed by atoms with Crippen molar-refractivity contribution < 1.29 is 22.4 Å². The molecule has 1 aliphatic carbocycles. The highest BCUT2D eigenvalue weighted by atomic mass is 19.4. The summed E-state index contributed by atoms with van der Waals surface area (Å²) in [6, 6.07) is 4.23. The van der Waals surface area contributed by atoms with Gasteiger partial charge in [0.15, 0.2) is 5.58 Å². The molecule has 1 heterocycles. The quantitative estimate of drug-likeness (QED) is 0.893. The molecule has 3 rings (SSSR count). The number of hydrogen-bond donors (Lipinski definition) is 2. The third kappa shape index (κ3) is 2.92. The number of nitrogens with one attached hydrogen (secondary N) is 1. The van der Waals surface area contributed by atoms with E-state index >= 15 is 0 Å². The smallest absolute Gasteiger partial charge is 0.433 e. The molecule has 3 N–H and O–H groups in total. The Balaban J connectivity index is 1.78. The number of rotatable bonds is 2. The predicted molar refractivity (Wildman–Crippen MR) is 73.0 cm³/mol. The summed E-state index contributed by atoms with van der Waals surface area (Å²) in [6.45, 7) is 0. The molecule has 0 saturated heterocycles. The maximum atomic E-state index is 12.5. The first kappa shape index (κ1) is 14.8. The SMILES string of the molecule is NC1CCC(C(=O)Nc2ccc3oc(C(F)(F)F)nc3c2)C1. The van der Waals surface area contributed by atoms with E-state index < -0.39 is 12.1 Å². The molecule has 0 aliphatic heterocycles. The molecule has 118 valence electrons. The van der Waals surface area contributed by atoms with Crippen LogP contribution < -0.4 is 11.1 Å². The summed E-state index contributed by atoms with van der Waals surface area (Å²) in [5.74, 6) is -1.63. The van der Waals surface area contributed by atoms with Crippen molar-refractivity contribution in [3.05, 3.63) is 24.1 Å². The molecule has 1 aromatic heterocycles. The highest BCUT2D eigenvalue weighted by Crippen LogP contribution is 2.32. The highest BCUT2D eigenvalue weighted by Gasteiger charge is 2.37. The zero-order valence-corrected chi connectivity index (χ0v) is 11.5. The Morgan fingerprint density at radius 3 is 2.77 bits per heavy atom. The van der Waals surface area contributed by atoms with Crippen molar-refractivity contribution >= 4 is 22.7 Å². The van der Waals surface area contributed by atoms with Gasteiger partial charge in [-0.05, 0) is 37.5 Å². The van der Waals surface area contributed by atoms with Crippen LogP contribution in [0, 0.1) is 5.92 Å². The number of nitrogens with two attached hydrogens (primary N) is 1. The third-order valence-electron chi connectivity index (χ3n) is 3.74. The second kappa shape index (κ2) is 5.28. The average molecular weight is 313 g/mol. The van der Waals surface area contributed by atoms with Crippen LogP contribution in [0.4, 0.5) is 18.9 Å². The van der Waals surface area contributed by atoms with E-state index in [1.54, 1.807) is 0 Å². The predicted octanol–water partition coefficient (Wildman–Crippen LogP) is 2.91.